The van der Waals surface area contributed by atoms with E-state index < -0.39 is 5.76 Å². The number of carbonyl (C=O) groups excluding carboxylic acids is 1. The summed E-state index contributed by atoms with van der Waals surface area (Å²) in [5.41, 5.74) is 2.53. The number of carbonyl (C=O) groups is 1. The Hall–Kier alpha value is -1.84. The lowest BCUT2D eigenvalue weighted by Crippen LogP contribution is -1.97. The van der Waals surface area contributed by atoms with Gasteiger partial charge in [-0.1, -0.05) is 6.92 Å². The zero-order valence-corrected chi connectivity index (χ0v) is 8.59. The second kappa shape index (κ2) is 3.38. The first-order chi connectivity index (χ1) is 7.11. The Morgan fingerprint density at radius 1 is 1.47 bits per heavy atom. The number of aryl methyl sites for hydroxylation is 1. The van der Waals surface area contributed by atoms with Crippen LogP contribution >= 0.6 is 0 Å². The van der Waals surface area contributed by atoms with Gasteiger partial charge in [-0.15, -0.1) is 0 Å². The molecule has 15 heavy (non-hydrogen) atoms. The van der Waals surface area contributed by atoms with E-state index in [0.717, 1.165) is 5.56 Å². The zero-order valence-electron chi connectivity index (χ0n) is 8.59. The molecule has 4 heteroatoms. The average Bonchev–Trinajstić information content (AvgIpc) is 2.58. The van der Waals surface area contributed by atoms with Crippen LogP contribution in [0.5, 0.6) is 0 Å². The molecule has 1 heterocycles. The third-order valence-corrected chi connectivity index (χ3v) is 2.37. The molecule has 0 fully saturated rings. The number of oxazole rings is 1. The number of Topliss-reactive ketones (excluding diaryl/α,β-unsaturated/α-hetero) is 1. The standard InChI is InChI=1S/C11H11NO3/c1-3-8(13)7-4-6(2)10-9(5-7)15-11(14)12-10/h4-5H,3H2,1-2H3,(H,12,14). The van der Waals surface area contributed by atoms with Crippen molar-refractivity contribution in [2.45, 2.75) is 20.3 Å². The summed E-state index contributed by atoms with van der Waals surface area (Å²) in [5, 5.41) is 0. The molecule has 0 atom stereocenters. The molecule has 1 aromatic carbocycles. The minimum Gasteiger partial charge on any atom is -0.408 e. The molecule has 0 amide bonds. The maximum absolute atomic E-state index is 11.5. The van der Waals surface area contributed by atoms with Gasteiger partial charge in [0.25, 0.3) is 0 Å². The van der Waals surface area contributed by atoms with Crippen molar-refractivity contribution in [3.63, 3.8) is 0 Å². The minimum absolute atomic E-state index is 0.0452. The van der Waals surface area contributed by atoms with Crippen LogP contribution in [0.3, 0.4) is 0 Å². The molecule has 78 valence electrons. The zero-order chi connectivity index (χ0) is 11.0. The number of H-pyrrole nitrogens is 1. The molecule has 0 aliphatic heterocycles. The maximum Gasteiger partial charge on any atom is 0.417 e. The second-order valence-electron chi connectivity index (χ2n) is 3.46. The van der Waals surface area contributed by atoms with Crippen LogP contribution in [0.4, 0.5) is 0 Å². The van der Waals surface area contributed by atoms with Crippen molar-refractivity contribution in [2.75, 3.05) is 0 Å². The number of fused-ring (bicyclic) bond motifs is 1. The maximum atomic E-state index is 11.5. The summed E-state index contributed by atoms with van der Waals surface area (Å²) >= 11 is 0. The number of benzene rings is 1. The van der Waals surface area contributed by atoms with Gasteiger partial charge in [-0.3, -0.25) is 9.78 Å². The molecule has 2 rings (SSSR count). The molecular formula is C11H11NO3. The van der Waals surface area contributed by atoms with E-state index >= 15 is 0 Å². The van der Waals surface area contributed by atoms with Gasteiger partial charge in [-0.25, -0.2) is 4.79 Å². The van der Waals surface area contributed by atoms with E-state index in [1.54, 1.807) is 19.1 Å². The fraction of sp³-hybridized carbons (Fsp3) is 0.273. The quantitative estimate of drug-likeness (QED) is 0.763. The Morgan fingerprint density at radius 2 is 2.20 bits per heavy atom. The van der Waals surface area contributed by atoms with Gasteiger partial charge in [-0.2, -0.15) is 0 Å². The molecule has 0 spiro atoms. The molecule has 0 radical (unpaired) electrons. The van der Waals surface area contributed by atoms with Gasteiger partial charge < -0.3 is 4.42 Å². The fourth-order valence-corrected chi connectivity index (χ4v) is 1.59. The molecule has 2 aromatic rings. The van der Waals surface area contributed by atoms with E-state index in [1.165, 1.54) is 0 Å². The number of ketones is 1. The molecule has 0 saturated carbocycles. The number of hydrogen-bond donors (Lipinski definition) is 1. The van der Waals surface area contributed by atoms with Gasteiger partial charge >= 0.3 is 5.76 Å². The number of nitrogens with one attached hydrogen (secondary N) is 1. The van der Waals surface area contributed by atoms with Crippen LogP contribution < -0.4 is 5.76 Å². The lowest BCUT2D eigenvalue weighted by atomic mass is 10.1. The third-order valence-electron chi connectivity index (χ3n) is 2.37. The normalized spacial score (nSPS) is 10.8. The third kappa shape index (κ3) is 1.58. The van der Waals surface area contributed by atoms with Crippen molar-refractivity contribution in [3.8, 4) is 0 Å². The first kappa shape index (κ1) is 9.71. The second-order valence-corrected chi connectivity index (χ2v) is 3.46. The Bertz CT molecular complexity index is 577. The monoisotopic (exact) mass is 205 g/mol. The summed E-state index contributed by atoms with van der Waals surface area (Å²) in [5.74, 6) is -0.446. The molecule has 1 N–H and O–H groups in total. The highest BCUT2D eigenvalue weighted by Crippen LogP contribution is 2.18. The van der Waals surface area contributed by atoms with Crippen LogP contribution in [0.25, 0.3) is 11.1 Å². The molecule has 1 aromatic heterocycles. The van der Waals surface area contributed by atoms with Gasteiger partial charge in [0.15, 0.2) is 11.4 Å². The van der Waals surface area contributed by atoms with Gasteiger partial charge in [0, 0.05) is 12.0 Å². The van der Waals surface area contributed by atoms with E-state index in [1.807, 2.05) is 6.92 Å². The summed E-state index contributed by atoms with van der Waals surface area (Å²) in [6.45, 7) is 3.63. The molecule has 4 nitrogen and oxygen atoms in total. The Balaban J connectivity index is 2.71. The topological polar surface area (TPSA) is 63.1 Å². The number of hydrogen-bond acceptors (Lipinski definition) is 3. The Morgan fingerprint density at radius 3 is 2.87 bits per heavy atom. The van der Waals surface area contributed by atoms with Crippen molar-refractivity contribution in [2.24, 2.45) is 0 Å². The van der Waals surface area contributed by atoms with Gasteiger partial charge in [0.2, 0.25) is 0 Å². The lowest BCUT2D eigenvalue weighted by molar-refractivity contribution is 0.0988. The SMILES string of the molecule is CCC(=O)c1cc(C)c2[nH]c(=O)oc2c1. The van der Waals surface area contributed by atoms with Crippen LogP contribution in [0.1, 0.15) is 29.3 Å². The van der Waals surface area contributed by atoms with Crippen LogP contribution in [-0.4, -0.2) is 10.8 Å². The van der Waals surface area contributed by atoms with Crippen molar-refractivity contribution in [3.05, 3.63) is 33.8 Å². The summed E-state index contributed by atoms with van der Waals surface area (Å²) < 4.78 is 4.92. The predicted octanol–water partition coefficient (Wildman–Crippen LogP) is 2.02. The van der Waals surface area contributed by atoms with E-state index in [4.69, 9.17) is 4.42 Å². The minimum atomic E-state index is -0.491. The molecule has 0 unspecified atom stereocenters. The summed E-state index contributed by atoms with van der Waals surface area (Å²) in [4.78, 5) is 25.0. The number of aromatic amines is 1. The van der Waals surface area contributed by atoms with Crippen molar-refractivity contribution >= 4 is 16.9 Å². The van der Waals surface area contributed by atoms with E-state index in [0.29, 0.717) is 23.1 Å². The smallest absolute Gasteiger partial charge is 0.408 e. The van der Waals surface area contributed by atoms with Crippen LogP contribution in [0, 0.1) is 6.92 Å². The predicted molar refractivity (Wildman–Crippen MR) is 56.2 cm³/mol. The largest absolute Gasteiger partial charge is 0.417 e. The Kier molecular flexibility index (Phi) is 2.19. The number of aromatic nitrogens is 1. The van der Waals surface area contributed by atoms with Crippen LogP contribution in [0.2, 0.25) is 0 Å². The molecule has 0 saturated heterocycles. The van der Waals surface area contributed by atoms with Crippen LogP contribution in [-0.2, 0) is 0 Å². The molecule has 0 aliphatic carbocycles. The first-order valence-electron chi connectivity index (χ1n) is 4.78. The Labute approximate surface area is 85.9 Å². The van der Waals surface area contributed by atoms with Crippen LogP contribution in [0.15, 0.2) is 21.3 Å². The molecule has 0 bridgehead atoms. The van der Waals surface area contributed by atoms with Crippen molar-refractivity contribution < 1.29 is 9.21 Å². The highest BCUT2D eigenvalue weighted by Gasteiger charge is 2.10. The van der Waals surface area contributed by atoms with E-state index in [2.05, 4.69) is 4.98 Å². The van der Waals surface area contributed by atoms with Gasteiger partial charge in [0.1, 0.15) is 0 Å². The van der Waals surface area contributed by atoms with E-state index in [-0.39, 0.29) is 5.78 Å². The first-order valence-corrected chi connectivity index (χ1v) is 4.78. The fourth-order valence-electron chi connectivity index (χ4n) is 1.59. The van der Waals surface area contributed by atoms with Crippen molar-refractivity contribution in [1.29, 1.82) is 0 Å². The molecule has 0 aliphatic rings. The molecular weight excluding hydrogens is 194 g/mol. The average molecular weight is 205 g/mol. The van der Waals surface area contributed by atoms with Gasteiger partial charge in [-0.05, 0) is 24.6 Å². The van der Waals surface area contributed by atoms with Gasteiger partial charge in [0.05, 0.1) is 5.52 Å². The highest BCUT2D eigenvalue weighted by molar-refractivity contribution is 5.99. The summed E-state index contributed by atoms with van der Waals surface area (Å²) in [6.07, 6.45) is 0.444. The highest BCUT2D eigenvalue weighted by atomic mass is 16.4. The number of rotatable bonds is 2. The van der Waals surface area contributed by atoms with E-state index in [9.17, 15) is 9.59 Å². The summed E-state index contributed by atoms with van der Waals surface area (Å²) in [6, 6.07) is 3.37. The summed E-state index contributed by atoms with van der Waals surface area (Å²) in [7, 11) is 0. The lowest BCUT2D eigenvalue weighted by Gasteiger charge is -1.99. The van der Waals surface area contributed by atoms with Crippen molar-refractivity contribution in [1.82, 2.24) is 4.98 Å².